The number of carbonyl (C=O) groups excluding carboxylic acids is 1. The van der Waals surface area contributed by atoms with Crippen LogP contribution >= 0.6 is 0 Å². The lowest BCUT2D eigenvalue weighted by Gasteiger charge is -2.24. The Bertz CT molecular complexity index is 957. The van der Waals surface area contributed by atoms with Crippen LogP contribution in [0.4, 0.5) is 5.69 Å². The average Bonchev–Trinajstić information content (AvgIpc) is 2.66. The van der Waals surface area contributed by atoms with Crippen molar-refractivity contribution in [1.82, 2.24) is 5.32 Å². The number of methoxy groups -OCH3 is 1. The van der Waals surface area contributed by atoms with E-state index in [9.17, 15) is 13.2 Å². The number of para-hydroxylation sites is 2. The quantitative estimate of drug-likeness (QED) is 0.673. The van der Waals surface area contributed by atoms with Gasteiger partial charge in [-0.25, -0.2) is 8.42 Å². The number of sulfonamides is 1. The van der Waals surface area contributed by atoms with E-state index in [1.54, 1.807) is 24.3 Å². The molecule has 0 aliphatic carbocycles. The molecule has 6 nitrogen and oxygen atoms in total. The number of nitrogens with zero attached hydrogens (tertiary/aromatic N) is 1. The maximum Gasteiger partial charge on any atom is 0.232 e. The first-order valence-corrected chi connectivity index (χ1v) is 11.5. The van der Waals surface area contributed by atoms with E-state index in [1.165, 1.54) is 22.5 Å². The molecule has 2 rings (SSSR count). The molecule has 0 spiro atoms. The number of rotatable bonds is 9. The lowest BCUT2D eigenvalue weighted by molar-refractivity contribution is -0.121. The highest BCUT2D eigenvalue weighted by Gasteiger charge is 2.21. The zero-order valence-electron chi connectivity index (χ0n) is 17.7. The zero-order chi connectivity index (χ0) is 21.6. The fourth-order valence-corrected chi connectivity index (χ4v) is 4.08. The fourth-order valence-electron chi connectivity index (χ4n) is 3.11. The molecule has 0 aliphatic rings. The lowest BCUT2D eigenvalue weighted by atomic mass is 10.0. The van der Waals surface area contributed by atoms with E-state index in [-0.39, 0.29) is 24.9 Å². The van der Waals surface area contributed by atoms with Gasteiger partial charge in [0.15, 0.2) is 0 Å². The third kappa shape index (κ3) is 6.22. The van der Waals surface area contributed by atoms with Crippen LogP contribution in [0.25, 0.3) is 0 Å². The van der Waals surface area contributed by atoms with Gasteiger partial charge in [-0.15, -0.1) is 0 Å². The molecule has 0 bridgehead atoms. The molecule has 1 amide bonds. The van der Waals surface area contributed by atoms with Crippen LogP contribution in [0.5, 0.6) is 5.75 Å². The van der Waals surface area contributed by atoms with E-state index in [1.807, 2.05) is 26.0 Å². The lowest BCUT2D eigenvalue weighted by Crippen LogP contribution is -2.32. The fraction of sp³-hybridized carbons (Fsp3) is 0.409. The first-order chi connectivity index (χ1) is 13.6. The Morgan fingerprint density at radius 2 is 1.83 bits per heavy atom. The van der Waals surface area contributed by atoms with Crippen molar-refractivity contribution < 1.29 is 17.9 Å². The molecule has 29 heavy (non-hydrogen) atoms. The van der Waals surface area contributed by atoms with Crippen LogP contribution in [0.15, 0.2) is 42.5 Å². The van der Waals surface area contributed by atoms with E-state index in [4.69, 9.17) is 4.74 Å². The number of hydrogen-bond acceptors (Lipinski definition) is 4. The number of nitrogens with one attached hydrogen (secondary N) is 1. The van der Waals surface area contributed by atoms with Crippen molar-refractivity contribution in [2.75, 3.05) is 24.2 Å². The molecule has 0 fully saturated rings. The highest BCUT2D eigenvalue weighted by molar-refractivity contribution is 7.92. The van der Waals surface area contributed by atoms with Crippen LogP contribution in [0.3, 0.4) is 0 Å². The second kappa shape index (κ2) is 9.78. The molecule has 0 saturated carbocycles. The van der Waals surface area contributed by atoms with Gasteiger partial charge in [0, 0.05) is 13.0 Å². The summed E-state index contributed by atoms with van der Waals surface area (Å²) in [5.41, 5.74) is 3.92. The molecule has 7 heteroatoms. The predicted molar refractivity (Wildman–Crippen MR) is 117 cm³/mol. The third-order valence-corrected chi connectivity index (χ3v) is 6.11. The Balaban J connectivity index is 1.98. The van der Waals surface area contributed by atoms with E-state index < -0.39 is 10.0 Å². The van der Waals surface area contributed by atoms with Crippen LogP contribution in [-0.2, 0) is 14.8 Å². The summed E-state index contributed by atoms with van der Waals surface area (Å²) in [5.74, 6) is 0.370. The van der Waals surface area contributed by atoms with Crippen molar-refractivity contribution in [3.8, 4) is 5.75 Å². The summed E-state index contributed by atoms with van der Waals surface area (Å²) in [4.78, 5) is 12.4. The highest BCUT2D eigenvalue weighted by atomic mass is 32.2. The Kier molecular flexibility index (Phi) is 7.67. The summed E-state index contributed by atoms with van der Waals surface area (Å²) in [7, 11) is -2.00. The van der Waals surface area contributed by atoms with Gasteiger partial charge < -0.3 is 10.1 Å². The van der Waals surface area contributed by atoms with Crippen LogP contribution in [0, 0.1) is 13.8 Å². The summed E-state index contributed by atoms with van der Waals surface area (Å²) in [6.45, 7) is 6.24. The number of aryl methyl sites for hydroxylation is 2. The van der Waals surface area contributed by atoms with Crippen LogP contribution in [0.2, 0.25) is 0 Å². The molecule has 2 aromatic carbocycles. The van der Waals surface area contributed by atoms with Crippen LogP contribution in [0.1, 0.15) is 42.5 Å². The van der Waals surface area contributed by atoms with Gasteiger partial charge in [0.25, 0.3) is 0 Å². The Morgan fingerprint density at radius 1 is 1.14 bits per heavy atom. The summed E-state index contributed by atoms with van der Waals surface area (Å²) < 4.78 is 31.1. The second-order valence-corrected chi connectivity index (χ2v) is 9.15. The van der Waals surface area contributed by atoms with E-state index >= 15 is 0 Å². The van der Waals surface area contributed by atoms with Gasteiger partial charge in [-0.05, 0) is 56.0 Å². The molecule has 1 N–H and O–H groups in total. The number of benzene rings is 2. The van der Waals surface area contributed by atoms with Gasteiger partial charge in [0.05, 0.1) is 25.1 Å². The normalized spacial score (nSPS) is 12.3. The standard InChI is InChI=1S/C22H30N2O4S/c1-16-12-13-19(15-17(16)2)18(3)23-22(25)11-8-14-24(29(5,26)27)20-9-6-7-10-21(20)28-4/h6-7,9-10,12-13,15,18H,8,11,14H2,1-5H3,(H,23,25). The topological polar surface area (TPSA) is 75.7 Å². The summed E-state index contributed by atoms with van der Waals surface area (Å²) in [6, 6.07) is 13.0. The first kappa shape index (κ1) is 22.7. The molecular formula is C22H30N2O4S. The minimum absolute atomic E-state index is 0.107. The van der Waals surface area contributed by atoms with Gasteiger partial charge in [-0.2, -0.15) is 0 Å². The zero-order valence-corrected chi connectivity index (χ0v) is 18.5. The number of amides is 1. The monoisotopic (exact) mass is 418 g/mol. The second-order valence-electron chi connectivity index (χ2n) is 7.24. The molecule has 1 unspecified atom stereocenters. The average molecular weight is 419 g/mol. The maximum atomic E-state index is 12.4. The van der Waals surface area contributed by atoms with Crippen molar-refractivity contribution >= 4 is 21.6 Å². The number of carbonyl (C=O) groups is 1. The molecule has 0 aliphatic heterocycles. The molecule has 0 aromatic heterocycles. The van der Waals surface area contributed by atoms with Crippen molar-refractivity contribution in [3.63, 3.8) is 0 Å². The highest BCUT2D eigenvalue weighted by Crippen LogP contribution is 2.29. The van der Waals surface area contributed by atoms with Crippen molar-refractivity contribution in [1.29, 1.82) is 0 Å². The molecule has 1 atom stereocenters. The minimum atomic E-state index is -3.50. The van der Waals surface area contributed by atoms with Crippen LogP contribution in [-0.4, -0.2) is 34.2 Å². The van der Waals surface area contributed by atoms with E-state index in [2.05, 4.69) is 18.3 Å². The van der Waals surface area contributed by atoms with Crippen molar-refractivity contribution in [2.45, 2.75) is 39.7 Å². The Hall–Kier alpha value is -2.54. The molecule has 0 radical (unpaired) electrons. The molecule has 158 valence electrons. The van der Waals surface area contributed by atoms with Gasteiger partial charge in [-0.3, -0.25) is 9.10 Å². The number of anilines is 1. The molecule has 0 saturated heterocycles. The predicted octanol–water partition coefficient (Wildman–Crippen LogP) is 3.74. The van der Waals surface area contributed by atoms with Crippen molar-refractivity contribution in [2.24, 2.45) is 0 Å². The maximum absolute atomic E-state index is 12.4. The third-order valence-electron chi connectivity index (χ3n) is 4.93. The minimum Gasteiger partial charge on any atom is -0.495 e. The largest absolute Gasteiger partial charge is 0.495 e. The van der Waals surface area contributed by atoms with Crippen molar-refractivity contribution in [3.05, 3.63) is 59.2 Å². The van der Waals surface area contributed by atoms with E-state index in [0.29, 0.717) is 17.9 Å². The van der Waals surface area contributed by atoms with E-state index in [0.717, 1.165) is 11.8 Å². The van der Waals surface area contributed by atoms with Crippen LogP contribution < -0.4 is 14.4 Å². The SMILES string of the molecule is COc1ccccc1N(CCCC(=O)NC(C)c1ccc(C)c(C)c1)S(C)(=O)=O. The molecule has 0 heterocycles. The number of hydrogen-bond donors (Lipinski definition) is 1. The Morgan fingerprint density at radius 3 is 2.45 bits per heavy atom. The van der Waals surface area contributed by atoms with Gasteiger partial charge in [0.1, 0.15) is 5.75 Å². The summed E-state index contributed by atoms with van der Waals surface area (Å²) in [5, 5.41) is 2.99. The van der Waals surface area contributed by atoms with Gasteiger partial charge in [0.2, 0.25) is 15.9 Å². The van der Waals surface area contributed by atoms with Gasteiger partial charge in [-0.1, -0.05) is 30.3 Å². The Labute approximate surface area is 173 Å². The van der Waals surface area contributed by atoms with Gasteiger partial charge >= 0.3 is 0 Å². The summed E-state index contributed by atoms with van der Waals surface area (Å²) in [6.07, 6.45) is 1.79. The summed E-state index contributed by atoms with van der Waals surface area (Å²) >= 11 is 0. The molecular weight excluding hydrogens is 388 g/mol. The number of ether oxygens (including phenoxy) is 1. The smallest absolute Gasteiger partial charge is 0.232 e. The first-order valence-electron chi connectivity index (χ1n) is 9.60. The molecule has 2 aromatic rings.